The van der Waals surface area contributed by atoms with Gasteiger partial charge in [0.05, 0.1) is 11.8 Å². The van der Waals surface area contributed by atoms with Gasteiger partial charge in [-0.1, -0.05) is 48.5 Å². The molecule has 0 heterocycles. The average Bonchev–Trinajstić information content (AvgIpc) is 2.48. The second-order valence-corrected chi connectivity index (χ2v) is 5.56. The van der Waals surface area contributed by atoms with Gasteiger partial charge in [-0.05, 0) is 22.3 Å². The van der Waals surface area contributed by atoms with Gasteiger partial charge in [0.25, 0.3) is 0 Å². The lowest BCUT2D eigenvalue weighted by molar-refractivity contribution is -0.125. The van der Waals surface area contributed by atoms with Crippen LogP contribution in [0.3, 0.4) is 0 Å². The van der Waals surface area contributed by atoms with E-state index >= 15 is 0 Å². The number of rotatable bonds is 0. The molecule has 2 heteroatoms. The Morgan fingerprint density at radius 1 is 0.600 bits per heavy atom. The van der Waals surface area contributed by atoms with E-state index in [9.17, 15) is 9.59 Å². The van der Waals surface area contributed by atoms with E-state index in [1.807, 2.05) is 48.5 Å². The molecule has 0 aliphatic heterocycles. The number of Topliss-reactive ketones (excluding diaryl/α,β-unsaturated/α-hetero) is 2. The van der Waals surface area contributed by atoms with Gasteiger partial charge in [0.15, 0.2) is 0 Å². The minimum Gasteiger partial charge on any atom is -0.299 e. The molecule has 20 heavy (non-hydrogen) atoms. The van der Waals surface area contributed by atoms with Crippen molar-refractivity contribution in [1.82, 2.24) is 0 Å². The SMILES string of the molecule is O=C1CCC(=O)C2c3ccccc3C1c1ccccc12. The molecule has 2 bridgehead atoms. The molecule has 2 aromatic carbocycles. The Labute approximate surface area is 117 Å². The lowest BCUT2D eigenvalue weighted by atomic mass is 9.67. The molecule has 0 saturated heterocycles. The minimum atomic E-state index is -0.188. The largest absolute Gasteiger partial charge is 0.299 e. The summed E-state index contributed by atoms with van der Waals surface area (Å²) in [6.07, 6.45) is 0.728. The lowest BCUT2D eigenvalue weighted by Crippen LogP contribution is -2.31. The quantitative estimate of drug-likeness (QED) is 0.730. The molecule has 0 spiro atoms. The summed E-state index contributed by atoms with van der Waals surface area (Å²) >= 11 is 0. The van der Waals surface area contributed by atoms with Crippen molar-refractivity contribution in [3.63, 3.8) is 0 Å². The standard InChI is InChI=1S/C18H14O2/c19-15-9-10-16(20)18-12-6-2-1-5-11(12)17(15)13-7-3-4-8-14(13)18/h1-8,17-18H,9-10H2. The van der Waals surface area contributed by atoms with Crippen LogP contribution < -0.4 is 0 Å². The summed E-state index contributed by atoms with van der Waals surface area (Å²) in [6, 6.07) is 15.8. The number of fused-ring (bicyclic) bond motifs is 3. The van der Waals surface area contributed by atoms with Crippen LogP contribution in [0.15, 0.2) is 48.5 Å². The first kappa shape index (κ1) is 11.6. The Hall–Kier alpha value is -2.22. The van der Waals surface area contributed by atoms with Gasteiger partial charge in [-0.15, -0.1) is 0 Å². The third kappa shape index (κ3) is 1.45. The van der Waals surface area contributed by atoms with Crippen LogP contribution in [0.2, 0.25) is 0 Å². The van der Waals surface area contributed by atoms with E-state index in [-0.39, 0.29) is 23.4 Å². The molecule has 0 radical (unpaired) electrons. The van der Waals surface area contributed by atoms with Crippen LogP contribution in [0.4, 0.5) is 0 Å². The fourth-order valence-electron chi connectivity index (χ4n) is 3.64. The van der Waals surface area contributed by atoms with Gasteiger partial charge >= 0.3 is 0 Å². The highest BCUT2D eigenvalue weighted by atomic mass is 16.1. The van der Waals surface area contributed by atoms with Gasteiger partial charge in [0, 0.05) is 12.8 Å². The molecular weight excluding hydrogens is 248 g/mol. The fraction of sp³-hybridized carbons (Fsp3) is 0.222. The highest BCUT2D eigenvalue weighted by Crippen LogP contribution is 2.46. The topological polar surface area (TPSA) is 34.1 Å². The van der Waals surface area contributed by atoms with E-state index < -0.39 is 0 Å². The summed E-state index contributed by atoms with van der Waals surface area (Å²) in [7, 11) is 0. The average molecular weight is 262 g/mol. The second-order valence-electron chi connectivity index (χ2n) is 5.56. The molecule has 5 rings (SSSR count). The van der Waals surface area contributed by atoms with Crippen molar-refractivity contribution in [2.45, 2.75) is 24.7 Å². The summed E-state index contributed by atoms with van der Waals surface area (Å²) in [6.45, 7) is 0. The first-order valence-corrected chi connectivity index (χ1v) is 7.00. The zero-order valence-electron chi connectivity index (χ0n) is 11.0. The first-order valence-electron chi connectivity index (χ1n) is 7.00. The van der Waals surface area contributed by atoms with Crippen molar-refractivity contribution in [3.8, 4) is 0 Å². The van der Waals surface area contributed by atoms with E-state index in [4.69, 9.17) is 0 Å². The van der Waals surface area contributed by atoms with E-state index in [1.54, 1.807) is 0 Å². The van der Waals surface area contributed by atoms with Crippen LogP contribution in [-0.2, 0) is 9.59 Å². The minimum absolute atomic E-state index is 0.163. The van der Waals surface area contributed by atoms with Crippen LogP contribution in [0, 0.1) is 0 Å². The Kier molecular flexibility index (Phi) is 2.40. The van der Waals surface area contributed by atoms with Gasteiger partial charge in [-0.2, -0.15) is 0 Å². The summed E-state index contributed by atoms with van der Waals surface area (Å²) in [5, 5.41) is 0. The number of carbonyl (C=O) groups excluding carboxylic acids is 2. The molecule has 98 valence electrons. The van der Waals surface area contributed by atoms with Crippen molar-refractivity contribution < 1.29 is 9.59 Å². The zero-order chi connectivity index (χ0) is 13.7. The summed E-state index contributed by atoms with van der Waals surface area (Å²) < 4.78 is 0. The van der Waals surface area contributed by atoms with Crippen LogP contribution in [0.25, 0.3) is 0 Å². The van der Waals surface area contributed by atoms with Crippen molar-refractivity contribution in [2.24, 2.45) is 0 Å². The number of benzene rings is 2. The van der Waals surface area contributed by atoms with Gasteiger partial charge in [-0.3, -0.25) is 9.59 Å². The van der Waals surface area contributed by atoms with Crippen LogP contribution in [0.5, 0.6) is 0 Å². The predicted molar refractivity (Wildman–Crippen MR) is 75.8 cm³/mol. The molecule has 0 N–H and O–H groups in total. The number of hydrogen-bond acceptors (Lipinski definition) is 2. The third-order valence-electron chi connectivity index (χ3n) is 4.50. The summed E-state index contributed by atoms with van der Waals surface area (Å²) in [5.41, 5.74) is 4.09. The molecule has 0 atom stereocenters. The molecule has 3 aliphatic carbocycles. The van der Waals surface area contributed by atoms with Crippen molar-refractivity contribution in [3.05, 3.63) is 70.8 Å². The van der Waals surface area contributed by atoms with E-state index in [0.717, 1.165) is 22.3 Å². The van der Waals surface area contributed by atoms with Crippen LogP contribution in [0.1, 0.15) is 46.9 Å². The predicted octanol–water partition coefficient (Wildman–Crippen LogP) is 3.20. The number of ketones is 2. The van der Waals surface area contributed by atoms with Crippen LogP contribution >= 0.6 is 0 Å². The van der Waals surface area contributed by atoms with E-state index in [0.29, 0.717) is 12.8 Å². The maximum Gasteiger partial charge on any atom is 0.145 e. The molecule has 0 unspecified atom stereocenters. The molecule has 0 amide bonds. The van der Waals surface area contributed by atoms with Gasteiger partial charge in [0.1, 0.15) is 11.6 Å². The Morgan fingerprint density at radius 3 is 1.20 bits per heavy atom. The second kappa shape index (κ2) is 4.14. The molecule has 3 aliphatic rings. The van der Waals surface area contributed by atoms with E-state index in [2.05, 4.69) is 0 Å². The fourth-order valence-corrected chi connectivity index (χ4v) is 3.64. The smallest absolute Gasteiger partial charge is 0.145 e. The van der Waals surface area contributed by atoms with Crippen molar-refractivity contribution in [2.75, 3.05) is 0 Å². The lowest BCUT2D eigenvalue weighted by Gasteiger charge is -2.35. The molecule has 2 aromatic rings. The maximum atomic E-state index is 12.5. The van der Waals surface area contributed by atoms with Crippen molar-refractivity contribution in [1.29, 1.82) is 0 Å². The normalized spacial score (nSPS) is 23.8. The highest BCUT2D eigenvalue weighted by molar-refractivity contribution is 6.01. The number of hydrogen-bond donors (Lipinski definition) is 0. The molecule has 0 fully saturated rings. The van der Waals surface area contributed by atoms with Gasteiger partial charge in [-0.25, -0.2) is 0 Å². The van der Waals surface area contributed by atoms with Gasteiger partial charge in [0.2, 0.25) is 0 Å². The Bertz CT molecular complexity index is 620. The monoisotopic (exact) mass is 262 g/mol. The molecule has 0 aromatic heterocycles. The van der Waals surface area contributed by atoms with Gasteiger partial charge < -0.3 is 0 Å². The first-order chi connectivity index (χ1) is 9.77. The van der Waals surface area contributed by atoms with E-state index in [1.165, 1.54) is 0 Å². The maximum absolute atomic E-state index is 12.5. The Morgan fingerprint density at radius 2 is 0.900 bits per heavy atom. The molecule has 2 nitrogen and oxygen atoms in total. The zero-order valence-corrected chi connectivity index (χ0v) is 11.0. The highest BCUT2D eigenvalue weighted by Gasteiger charge is 2.40. The number of carbonyl (C=O) groups is 2. The molecular formula is C18H14O2. The third-order valence-corrected chi connectivity index (χ3v) is 4.50. The molecule has 0 saturated carbocycles. The van der Waals surface area contributed by atoms with Crippen molar-refractivity contribution >= 4 is 11.6 Å². The summed E-state index contributed by atoms with van der Waals surface area (Å²) in [5.74, 6) is -0.0497. The Balaban J connectivity index is 2.10. The summed E-state index contributed by atoms with van der Waals surface area (Å²) in [4.78, 5) is 25.1. The van der Waals surface area contributed by atoms with Crippen LogP contribution in [-0.4, -0.2) is 11.6 Å².